The molecule has 1 rings (SSSR count). The maximum Gasteiger partial charge on any atom is 0.254 e. The van der Waals surface area contributed by atoms with Gasteiger partial charge in [0.15, 0.2) is 0 Å². The number of carbonyl (C=O) groups is 1. The smallest absolute Gasteiger partial charge is 0.254 e. The third kappa shape index (κ3) is 3.64. The Kier molecular flexibility index (Phi) is 5.48. The average Bonchev–Trinajstić information content (AvgIpc) is 2.35. The van der Waals surface area contributed by atoms with Gasteiger partial charge in [0.1, 0.15) is 0 Å². The molecule has 0 spiro atoms. The molecule has 1 aromatic carbocycles. The third-order valence-corrected chi connectivity index (χ3v) is 2.99. The Morgan fingerprint density at radius 2 is 2.00 bits per heavy atom. The first kappa shape index (κ1) is 14.8. The molecule has 0 radical (unpaired) electrons. The Labute approximate surface area is 114 Å². The number of benzene rings is 1. The summed E-state index contributed by atoms with van der Waals surface area (Å²) in [5.41, 5.74) is 1.73. The van der Waals surface area contributed by atoms with Crippen LogP contribution in [-0.2, 0) is 0 Å². The van der Waals surface area contributed by atoms with E-state index in [0.29, 0.717) is 18.0 Å². The second-order valence-electron chi connectivity index (χ2n) is 4.73. The van der Waals surface area contributed by atoms with Crippen LogP contribution >= 0.6 is 11.6 Å². The minimum absolute atomic E-state index is 0.0364. The van der Waals surface area contributed by atoms with Crippen LogP contribution in [-0.4, -0.2) is 43.4 Å². The van der Waals surface area contributed by atoms with Gasteiger partial charge >= 0.3 is 0 Å². The molecule has 1 amide bonds. The summed E-state index contributed by atoms with van der Waals surface area (Å²) in [5.74, 6) is 0.492. The van der Waals surface area contributed by atoms with Gasteiger partial charge in [-0.1, -0.05) is 6.07 Å². The molecule has 0 aliphatic rings. The fourth-order valence-corrected chi connectivity index (χ4v) is 1.95. The topological polar surface area (TPSA) is 23.6 Å². The highest BCUT2D eigenvalue weighted by Gasteiger charge is 2.18. The van der Waals surface area contributed by atoms with Gasteiger partial charge in [-0.2, -0.15) is 0 Å². The molecule has 18 heavy (non-hydrogen) atoms. The molecule has 0 aromatic heterocycles. The van der Waals surface area contributed by atoms with Gasteiger partial charge in [-0.05, 0) is 32.0 Å². The van der Waals surface area contributed by atoms with Crippen LogP contribution in [0.3, 0.4) is 0 Å². The summed E-state index contributed by atoms with van der Waals surface area (Å²) in [6, 6.07) is 7.80. The highest BCUT2D eigenvalue weighted by molar-refractivity contribution is 6.18. The minimum atomic E-state index is 0.0364. The van der Waals surface area contributed by atoms with Crippen molar-refractivity contribution in [2.75, 3.05) is 31.4 Å². The molecular weight excluding hydrogens is 248 g/mol. The zero-order chi connectivity index (χ0) is 13.7. The summed E-state index contributed by atoms with van der Waals surface area (Å²) < 4.78 is 0. The molecule has 4 heteroatoms. The molecule has 0 atom stereocenters. The molecule has 100 valence electrons. The van der Waals surface area contributed by atoms with Crippen molar-refractivity contribution in [3.8, 4) is 0 Å². The van der Waals surface area contributed by atoms with Crippen molar-refractivity contribution in [2.45, 2.75) is 19.9 Å². The van der Waals surface area contributed by atoms with Gasteiger partial charge in [-0.3, -0.25) is 4.79 Å². The highest BCUT2D eigenvalue weighted by Crippen LogP contribution is 2.16. The van der Waals surface area contributed by atoms with Crippen LogP contribution in [0.1, 0.15) is 24.2 Å². The number of carbonyl (C=O) groups excluding carboxylic acids is 1. The predicted octanol–water partition coefficient (Wildman–Crippen LogP) is 2.84. The molecular formula is C14H21ClN2O. The van der Waals surface area contributed by atoms with Gasteiger partial charge in [0.25, 0.3) is 5.91 Å². The van der Waals surface area contributed by atoms with E-state index < -0.39 is 0 Å². The summed E-state index contributed by atoms with van der Waals surface area (Å²) in [6.45, 7) is 4.57. The Hall–Kier alpha value is -1.22. The predicted molar refractivity (Wildman–Crippen MR) is 77.7 cm³/mol. The average molecular weight is 269 g/mol. The van der Waals surface area contributed by atoms with E-state index in [1.54, 1.807) is 4.90 Å². The first-order chi connectivity index (χ1) is 8.47. The molecule has 0 bridgehead atoms. The number of hydrogen-bond donors (Lipinski definition) is 0. The van der Waals surface area contributed by atoms with E-state index in [9.17, 15) is 4.79 Å². The Morgan fingerprint density at radius 1 is 1.33 bits per heavy atom. The first-order valence-corrected chi connectivity index (χ1v) is 6.65. The van der Waals surface area contributed by atoms with Gasteiger partial charge < -0.3 is 9.80 Å². The van der Waals surface area contributed by atoms with Gasteiger partial charge in [-0.25, -0.2) is 0 Å². The monoisotopic (exact) mass is 268 g/mol. The van der Waals surface area contributed by atoms with E-state index in [1.807, 2.05) is 57.1 Å². The van der Waals surface area contributed by atoms with E-state index in [2.05, 4.69) is 0 Å². The van der Waals surface area contributed by atoms with Gasteiger partial charge in [0.05, 0.1) is 0 Å². The molecule has 0 saturated heterocycles. The van der Waals surface area contributed by atoms with Crippen LogP contribution in [0, 0.1) is 0 Å². The van der Waals surface area contributed by atoms with Crippen molar-refractivity contribution in [1.82, 2.24) is 4.90 Å². The Bertz CT molecular complexity index is 405. The van der Waals surface area contributed by atoms with Gasteiger partial charge in [0, 0.05) is 43.8 Å². The van der Waals surface area contributed by atoms with Crippen LogP contribution in [0.25, 0.3) is 0 Å². The lowest BCUT2D eigenvalue weighted by atomic mass is 10.1. The lowest BCUT2D eigenvalue weighted by Gasteiger charge is -2.26. The Balaban J connectivity index is 2.97. The summed E-state index contributed by atoms with van der Waals surface area (Å²) in [7, 11) is 3.92. The maximum absolute atomic E-state index is 12.4. The fraction of sp³-hybridized carbons (Fsp3) is 0.500. The van der Waals surface area contributed by atoms with Crippen molar-refractivity contribution in [1.29, 1.82) is 0 Å². The molecule has 0 saturated carbocycles. The molecule has 0 N–H and O–H groups in total. The van der Waals surface area contributed by atoms with E-state index in [4.69, 9.17) is 11.6 Å². The molecule has 3 nitrogen and oxygen atoms in total. The van der Waals surface area contributed by atoms with E-state index >= 15 is 0 Å². The molecule has 0 fully saturated rings. The van der Waals surface area contributed by atoms with E-state index in [0.717, 1.165) is 5.69 Å². The minimum Gasteiger partial charge on any atom is -0.378 e. The number of halogens is 1. The lowest BCUT2D eigenvalue weighted by molar-refractivity contribution is 0.0718. The second-order valence-corrected chi connectivity index (χ2v) is 5.10. The fourth-order valence-electron chi connectivity index (χ4n) is 1.77. The standard InChI is InChI=1S/C14H21ClN2O/c1-11(2)17(9-8-15)14(18)12-6-5-7-13(10-12)16(3)4/h5-7,10-11H,8-9H2,1-4H3. The summed E-state index contributed by atoms with van der Waals surface area (Å²) >= 11 is 5.75. The van der Waals surface area contributed by atoms with Crippen molar-refractivity contribution in [2.24, 2.45) is 0 Å². The van der Waals surface area contributed by atoms with Crippen molar-refractivity contribution >= 4 is 23.2 Å². The first-order valence-electron chi connectivity index (χ1n) is 6.11. The third-order valence-electron chi connectivity index (χ3n) is 2.82. The maximum atomic E-state index is 12.4. The molecule has 0 heterocycles. The molecule has 0 aliphatic heterocycles. The van der Waals surface area contributed by atoms with E-state index in [-0.39, 0.29) is 11.9 Å². The number of rotatable bonds is 5. The second kappa shape index (κ2) is 6.64. The van der Waals surface area contributed by atoms with Crippen LogP contribution in [0.2, 0.25) is 0 Å². The van der Waals surface area contributed by atoms with Crippen LogP contribution in [0.15, 0.2) is 24.3 Å². The van der Waals surface area contributed by atoms with E-state index in [1.165, 1.54) is 0 Å². The molecule has 0 unspecified atom stereocenters. The quantitative estimate of drug-likeness (QED) is 0.767. The molecule has 1 aromatic rings. The van der Waals surface area contributed by atoms with Crippen molar-refractivity contribution in [3.05, 3.63) is 29.8 Å². The summed E-state index contributed by atoms with van der Waals surface area (Å²) in [5, 5.41) is 0. The SMILES string of the molecule is CC(C)N(CCCl)C(=O)c1cccc(N(C)C)c1. The zero-order valence-corrected chi connectivity index (χ0v) is 12.2. The normalized spacial score (nSPS) is 10.6. The largest absolute Gasteiger partial charge is 0.378 e. The number of nitrogens with zero attached hydrogens (tertiary/aromatic N) is 2. The van der Waals surface area contributed by atoms with Crippen molar-refractivity contribution < 1.29 is 4.79 Å². The number of amides is 1. The van der Waals surface area contributed by atoms with Crippen LogP contribution < -0.4 is 4.90 Å². The Morgan fingerprint density at radius 3 is 2.50 bits per heavy atom. The number of hydrogen-bond acceptors (Lipinski definition) is 2. The van der Waals surface area contributed by atoms with Gasteiger partial charge in [0.2, 0.25) is 0 Å². The number of alkyl halides is 1. The van der Waals surface area contributed by atoms with Crippen LogP contribution in [0.4, 0.5) is 5.69 Å². The molecule has 0 aliphatic carbocycles. The van der Waals surface area contributed by atoms with Gasteiger partial charge in [-0.15, -0.1) is 11.6 Å². The summed E-state index contributed by atoms with van der Waals surface area (Å²) in [4.78, 5) is 16.2. The van der Waals surface area contributed by atoms with Crippen molar-refractivity contribution in [3.63, 3.8) is 0 Å². The zero-order valence-electron chi connectivity index (χ0n) is 11.5. The number of anilines is 1. The lowest BCUT2D eigenvalue weighted by Crippen LogP contribution is -2.38. The summed E-state index contributed by atoms with van der Waals surface area (Å²) in [6.07, 6.45) is 0. The van der Waals surface area contributed by atoms with Crippen LogP contribution in [0.5, 0.6) is 0 Å². The highest BCUT2D eigenvalue weighted by atomic mass is 35.5.